The molecule has 58 valence electrons. The van der Waals surface area contributed by atoms with E-state index in [0.717, 1.165) is 0 Å². The number of rotatable bonds is 2. The molecule has 1 aromatic rings. The lowest BCUT2D eigenvalue weighted by atomic mass is 10.5. The zero-order valence-corrected chi connectivity index (χ0v) is 6.11. The van der Waals surface area contributed by atoms with Crippen molar-refractivity contribution < 1.29 is 8.42 Å². The molecule has 1 N–H and O–H groups in total. The third kappa shape index (κ3) is 2.72. The van der Waals surface area contributed by atoms with Crippen LogP contribution in [-0.4, -0.2) is 24.8 Å². The van der Waals surface area contributed by atoms with E-state index < -0.39 is 10.5 Å². The molecular weight excluding hydrogens is 168 g/mol. The fraction of sp³-hybridized carbons (Fsp3) is 0. The average Bonchev–Trinajstić information content (AvgIpc) is 2.39. The van der Waals surface area contributed by atoms with Crippen LogP contribution in [0.5, 0.6) is 0 Å². The Morgan fingerprint density at radius 2 is 2.45 bits per heavy atom. The Balaban J connectivity index is 2.71. The minimum Gasteiger partial charge on any atom is -0.277 e. The molecule has 0 unspecified atom stereocenters. The van der Waals surface area contributed by atoms with Crippen molar-refractivity contribution in [1.29, 1.82) is 0 Å². The molecule has 0 saturated heterocycles. The molecule has 0 aliphatic carbocycles. The van der Waals surface area contributed by atoms with Crippen molar-refractivity contribution in [2.24, 2.45) is 9.57 Å². The number of aromatic nitrogens is 2. The first-order valence-corrected chi connectivity index (χ1v) is 3.65. The van der Waals surface area contributed by atoms with Gasteiger partial charge in [0.05, 0.1) is 11.9 Å². The van der Waals surface area contributed by atoms with Crippen LogP contribution in [0, 0.1) is 0 Å². The van der Waals surface area contributed by atoms with Crippen molar-refractivity contribution in [2.75, 3.05) is 0 Å². The summed E-state index contributed by atoms with van der Waals surface area (Å²) < 4.78 is 22.5. The second kappa shape index (κ2) is 3.62. The van der Waals surface area contributed by atoms with Crippen LogP contribution >= 0.6 is 0 Å². The Morgan fingerprint density at radius 1 is 1.64 bits per heavy atom. The lowest BCUT2D eigenvalue weighted by Gasteiger charge is -1.75. The van der Waals surface area contributed by atoms with Gasteiger partial charge >= 0.3 is 10.5 Å². The van der Waals surface area contributed by atoms with Crippen LogP contribution in [-0.2, 0) is 10.5 Å². The van der Waals surface area contributed by atoms with E-state index in [1.807, 2.05) is 0 Å². The summed E-state index contributed by atoms with van der Waals surface area (Å²) in [4.78, 5) is 0. The fourth-order valence-electron chi connectivity index (χ4n) is 0.463. The molecule has 0 aliphatic heterocycles. The molecule has 0 amide bonds. The minimum atomic E-state index is -2.48. The molecule has 11 heavy (non-hydrogen) atoms. The van der Waals surface area contributed by atoms with Gasteiger partial charge in [0.1, 0.15) is 0 Å². The lowest BCUT2D eigenvalue weighted by Crippen LogP contribution is -1.78. The number of hydrogen-bond acceptors (Lipinski definition) is 4. The molecule has 0 saturated carbocycles. The van der Waals surface area contributed by atoms with Gasteiger partial charge in [-0.05, 0) is 10.5 Å². The number of nitrogens with zero attached hydrogens (tertiary/aromatic N) is 3. The number of nitrogens with one attached hydrogen (secondary N) is 1. The molecule has 0 aliphatic rings. The van der Waals surface area contributed by atoms with E-state index in [9.17, 15) is 8.42 Å². The maximum atomic E-state index is 9.82. The quantitative estimate of drug-likeness (QED) is 0.495. The summed E-state index contributed by atoms with van der Waals surface area (Å²) in [7, 11) is -2.48. The molecular formula is C4H4N4O2S. The molecule has 0 radical (unpaired) electrons. The highest BCUT2D eigenvalue weighted by Crippen LogP contribution is 1.85. The van der Waals surface area contributed by atoms with Crippen LogP contribution in [0.4, 0.5) is 0 Å². The first-order chi connectivity index (χ1) is 5.29. The average molecular weight is 172 g/mol. The van der Waals surface area contributed by atoms with Gasteiger partial charge in [0.25, 0.3) is 0 Å². The van der Waals surface area contributed by atoms with Crippen LogP contribution in [0.25, 0.3) is 0 Å². The van der Waals surface area contributed by atoms with Crippen LogP contribution in [0.3, 0.4) is 0 Å². The standard InChI is InChI=1S/C4H4N4O2S/c9-11(10)8-6-3-4-1-2-5-7-4/h1-3H,(H,5,7). The molecule has 1 rings (SSSR count). The summed E-state index contributed by atoms with van der Waals surface area (Å²) in [6, 6.07) is 1.63. The summed E-state index contributed by atoms with van der Waals surface area (Å²) in [5, 5.41) is 9.39. The number of aromatic amines is 1. The predicted octanol–water partition coefficient (Wildman–Crippen LogP) is -0.194. The summed E-state index contributed by atoms with van der Waals surface area (Å²) in [5.74, 6) is 0. The van der Waals surface area contributed by atoms with Crippen LogP contribution in [0.15, 0.2) is 21.8 Å². The fourth-order valence-corrected chi connectivity index (χ4v) is 0.587. The van der Waals surface area contributed by atoms with Gasteiger partial charge in [-0.15, -0.1) is 5.10 Å². The van der Waals surface area contributed by atoms with Crippen molar-refractivity contribution in [3.05, 3.63) is 18.0 Å². The first kappa shape index (κ1) is 7.61. The molecule has 1 heterocycles. The molecule has 0 spiro atoms. The molecule has 0 aromatic carbocycles. The highest BCUT2D eigenvalue weighted by molar-refractivity contribution is 7.61. The van der Waals surface area contributed by atoms with E-state index in [2.05, 4.69) is 19.8 Å². The smallest absolute Gasteiger partial charge is 0.277 e. The molecule has 0 bridgehead atoms. The number of hydrogen-bond donors (Lipinski definition) is 1. The van der Waals surface area contributed by atoms with Crippen molar-refractivity contribution in [2.45, 2.75) is 0 Å². The third-order valence-electron chi connectivity index (χ3n) is 0.833. The normalized spacial score (nSPS) is 10.2. The predicted molar refractivity (Wildman–Crippen MR) is 37.5 cm³/mol. The van der Waals surface area contributed by atoms with E-state index in [0.29, 0.717) is 5.69 Å². The second-order valence-electron chi connectivity index (χ2n) is 1.56. The summed E-state index contributed by atoms with van der Waals surface area (Å²) in [5.41, 5.74) is 0.596. The molecule has 0 atom stereocenters. The summed E-state index contributed by atoms with van der Waals surface area (Å²) >= 11 is 0. The monoisotopic (exact) mass is 172 g/mol. The second-order valence-corrected chi connectivity index (χ2v) is 2.15. The van der Waals surface area contributed by atoms with Gasteiger partial charge < -0.3 is 0 Å². The van der Waals surface area contributed by atoms with Crippen LogP contribution < -0.4 is 0 Å². The Kier molecular flexibility index (Phi) is 2.50. The van der Waals surface area contributed by atoms with Crippen LogP contribution in [0.2, 0.25) is 0 Å². The third-order valence-corrected chi connectivity index (χ3v) is 1.06. The van der Waals surface area contributed by atoms with Crippen molar-refractivity contribution >= 4 is 16.7 Å². The lowest BCUT2D eigenvalue weighted by molar-refractivity contribution is 0.621. The maximum Gasteiger partial charge on any atom is 0.334 e. The highest BCUT2D eigenvalue weighted by atomic mass is 32.2. The van der Waals surface area contributed by atoms with E-state index in [1.165, 1.54) is 12.4 Å². The molecule has 1 aromatic heterocycles. The Hall–Kier alpha value is -1.50. The van der Waals surface area contributed by atoms with E-state index in [-0.39, 0.29) is 0 Å². The first-order valence-electron chi connectivity index (χ1n) is 2.62. The number of H-pyrrole nitrogens is 1. The van der Waals surface area contributed by atoms with Gasteiger partial charge in [0.2, 0.25) is 0 Å². The van der Waals surface area contributed by atoms with Gasteiger partial charge in [0, 0.05) is 6.20 Å². The van der Waals surface area contributed by atoms with Gasteiger partial charge in [0.15, 0.2) is 0 Å². The van der Waals surface area contributed by atoms with Gasteiger partial charge in [-0.3, -0.25) is 5.10 Å². The Bertz CT molecular complexity index is 355. The SMILES string of the molecule is O=S(=O)=NN=Cc1ccn[nH]1. The molecule has 6 nitrogen and oxygen atoms in total. The van der Waals surface area contributed by atoms with E-state index in [1.54, 1.807) is 6.07 Å². The van der Waals surface area contributed by atoms with Gasteiger partial charge in [-0.25, -0.2) is 0 Å². The molecule has 7 heteroatoms. The van der Waals surface area contributed by atoms with Gasteiger partial charge in [-0.1, -0.05) is 0 Å². The minimum absolute atomic E-state index is 0.596. The zero-order valence-electron chi connectivity index (χ0n) is 5.30. The van der Waals surface area contributed by atoms with Crippen molar-refractivity contribution in [3.63, 3.8) is 0 Å². The van der Waals surface area contributed by atoms with E-state index >= 15 is 0 Å². The van der Waals surface area contributed by atoms with Crippen molar-refractivity contribution in [1.82, 2.24) is 10.2 Å². The molecule has 0 fully saturated rings. The Morgan fingerprint density at radius 3 is 3.00 bits per heavy atom. The summed E-state index contributed by atoms with van der Waals surface area (Å²) in [6.07, 6.45) is 2.78. The summed E-state index contributed by atoms with van der Waals surface area (Å²) in [6.45, 7) is 0. The maximum absolute atomic E-state index is 9.82. The van der Waals surface area contributed by atoms with Gasteiger partial charge in [-0.2, -0.15) is 13.5 Å². The van der Waals surface area contributed by atoms with Crippen molar-refractivity contribution in [3.8, 4) is 0 Å². The Labute approximate surface area is 63.7 Å². The van der Waals surface area contributed by atoms with Crippen LogP contribution in [0.1, 0.15) is 5.69 Å². The zero-order chi connectivity index (χ0) is 8.10. The topological polar surface area (TPSA) is 87.5 Å². The van der Waals surface area contributed by atoms with E-state index in [4.69, 9.17) is 0 Å². The highest BCUT2D eigenvalue weighted by Gasteiger charge is 1.83. The largest absolute Gasteiger partial charge is 0.334 e.